The summed E-state index contributed by atoms with van der Waals surface area (Å²) in [5.41, 5.74) is 1.39. The number of carbonyl (C=O) groups excluding carboxylic acids is 2. The van der Waals surface area contributed by atoms with Gasteiger partial charge in [0.05, 0.1) is 12.7 Å². The summed E-state index contributed by atoms with van der Waals surface area (Å²) in [7, 11) is 1.37. The van der Waals surface area contributed by atoms with Gasteiger partial charge in [0, 0.05) is 12.6 Å². The van der Waals surface area contributed by atoms with Crippen molar-refractivity contribution in [2.45, 2.75) is 45.4 Å². The fourth-order valence-corrected chi connectivity index (χ4v) is 1.96. The molecule has 1 amide bonds. The molecule has 1 rings (SSSR count). The van der Waals surface area contributed by atoms with Crippen molar-refractivity contribution < 1.29 is 14.3 Å². The fraction of sp³-hybridized carbons (Fsp3) is 0.667. The normalized spacial score (nSPS) is 21.9. The summed E-state index contributed by atoms with van der Waals surface area (Å²) in [5, 5.41) is 2.75. The third-order valence-electron chi connectivity index (χ3n) is 2.73. The molecule has 0 aromatic rings. The SMILES string of the molecule is COC(=O)/C1=C(\NC(C)=O)CCCCCC1. The zero-order chi connectivity index (χ0) is 12.0. The number of ether oxygens (including phenoxy) is 1. The summed E-state index contributed by atoms with van der Waals surface area (Å²) in [6, 6.07) is 0. The molecule has 4 nitrogen and oxygen atoms in total. The van der Waals surface area contributed by atoms with Crippen LogP contribution in [0.25, 0.3) is 0 Å². The minimum atomic E-state index is -0.314. The van der Waals surface area contributed by atoms with Crippen LogP contribution in [0.5, 0.6) is 0 Å². The Labute approximate surface area is 96.0 Å². The molecule has 0 aromatic heterocycles. The largest absolute Gasteiger partial charge is 0.466 e. The van der Waals surface area contributed by atoms with Gasteiger partial charge in [-0.15, -0.1) is 0 Å². The van der Waals surface area contributed by atoms with Crippen molar-refractivity contribution in [1.82, 2.24) is 5.32 Å². The molecule has 1 N–H and O–H groups in total. The Balaban J connectivity index is 2.91. The molecule has 0 fully saturated rings. The Bertz CT molecular complexity index is 307. The highest BCUT2D eigenvalue weighted by atomic mass is 16.5. The van der Waals surface area contributed by atoms with Crippen LogP contribution in [0.2, 0.25) is 0 Å². The molecule has 0 saturated carbocycles. The molecule has 0 spiro atoms. The van der Waals surface area contributed by atoms with Crippen LogP contribution in [0, 0.1) is 0 Å². The van der Waals surface area contributed by atoms with E-state index in [9.17, 15) is 9.59 Å². The van der Waals surface area contributed by atoms with E-state index in [4.69, 9.17) is 4.74 Å². The quantitative estimate of drug-likeness (QED) is 0.730. The van der Waals surface area contributed by atoms with Crippen LogP contribution in [0.3, 0.4) is 0 Å². The van der Waals surface area contributed by atoms with Crippen molar-refractivity contribution in [2.24, 2.45) is 0 Å². The van der Waals surface area contributed by atoms with E-state index >= 15 is 0 Å². The molecular weight excluding hydrogens is 206 g/mol. The van der Waals surface area contributed by atoms with Crippen LogP contribution >= 0.6 is 0 Å². The van der Waals surface area contributed by atoms with E-state index in [1.165, 1.54) is 14.0 Å². The Kier molecular flexibility index (Phi) is 5.02. The summed E-state index contributed by atoms with van der Waals surface area (Å²) in [6.45, 7) is 1.46. The second-order valence-electron chi connectivity index (χ2n) is 4.04. The van der Waals surface area contributed by atoms with Gasteiger partial charge in [0.2, 0.25) is 5.91 Å². The van der Waals surface area contributed by atoms with Crippen molar-refractivity contribution in [3.8, 4) is 0 Å². The first kappa shape index (κ1) is 12.7. The van der Waals surface area contributed by atoms with E-state index in [0.717, 1.165) is 37.8 Å². The highest BCUT2D eigenvalue weighted by Crippen LogP contribution is 2.22. The van der Waals surface area contributed by atoms with E-state index in [-0.39, 0.29) is 11.9 Å². The van der Waals surface area contributed by atoms with Crippen LogP contribution in [0.15, 0.2) is 11.3 Å². The molecule has 0 atom stereocenters. The third kappa shape index (κ3) is 3.68. The van der Waals surface area contributed by atoms with Gasteiger partial charge in [0.1, 0.15) is 0 Å². The molecule has 1 aliphatic carbocycles. The van der Waals surface area contributed by atoms with Gasteiger partial charge in [-0.1, -0.05) is 12.8 Å². The summed E-state index contributed by atoms with van der Waals surface area (Å²) in [5.74, 6) is -0.442. The molecule has 0 aliphatic heterocycles. The Morgan fingerprint density at radius 2 is 1.75 bits per heavy atom. The van der Waals surface area contributed by atoms with E-state index < -0.39 is 0 Å². The van der Waals surface area contributed by atoms with E-state index in [0.29, 0.717) is 12.0 Å². The van der Waals surface area contributed by atoms with Crippen molar-refractivity contribution in [1.29, 1.82) is 0 Å². The van der Waals surface area contributed by atoms with Crippen LogP contribution < -0.4 is 5.32 Å². The third-order valence-corrected chi connectivity index (χ3v) is 2.73. The lowest BCUT2D eigenvalue weighted by Crippen LogP contribution is -2.24. The lowest BCUT2D eigenvalue weighted by Gasteiger charge is -2.17. The maximum atomic E-state index is 11.6. The van der Waals surface area contributed by atoms with Gasteiger partial charge in [-0.2, -0.15) is 0 Å². The van der Waals surface area contributed by atoms with E-state index in [2.05, 4.69) is 5.32 Å². The van der Waals surface area contributed by atoms with Gasteiger partial charge in [0.15, 0.2) is 0 Å². The monoisotopic (exact) mass is 225 g/mol. The van der Waals surface area contributed by atoms with Crippen LogP contribution in [-0.2, 0) is 14.3 Å². The number of hydrogen-bond acceptors (Lipinski definition) is 3. The summed E-state index contributed by atoms with van der Waals surface area (Å²) >= 11 is 0. The smallest absolute Gasteiger partial charge is 0.335 e. The molecule has 0 saturated heterocycles. The predicted octanol–water partition coefficient (Wildman–Crippen LogP) is 1.90. The molecule has 90 valence electrons. The molecule has 0 bridgehead atoms. The number of nitrogens with one attached hydrogen (secondary N) is 1. The number of rotatable bonds is 2. The summed E-state index contributed by atoms with van der Waals surface area (Å²) < 4.78 is 4.75. The average molecular weight is 225 g/mol. The minimum absolute atomic E-state index is 0.128. The molecule has 16 heavy (non-hydrogen) atoms. The lowest BCUT2D eigenvalue weighted by atomic mass is 9.97. The highest BCUT2D eigenvalue weighted by Gasteiger charge is 2.18. The number of allylic oxidation sites excluding steroid dienone is 1. The van der Waals surface area contributed by atoms with Gasteiger partial charge < -0.3 is 10.1 Å². The lowest BCUT2D eigenvalue weighted by molar-refractivity contribution is -0.136. The molecule has 1 aliphatic rings. The number of methoxy groups -OCH3 is 1. The first-order valence-electron chi connectivity index (χ1n) is 5.73. The fourth-order valence-electron chi connectivity index (χ4n) is 1.96. The second-order valence-corrected chi connectivity index (χ2v) is 4.04. The van der Waals surface area contributed by atoms with E-state index in [1.54, 1.807) is 0 Å². The standard InChI is InChI=1S/C12H19NO3/c1-9(14)13-11-8-6-4-3-5-7-10(11)12(15)16-2/h3-8H2,1-2H3,(H,13,14)/b11-10-. The molecule has 0 unspecified atom stereocenters. The van der Waals surface area contributed by atoms with Gasteiger partial charge >= 0.3 is 5.97 Å². The summed E-state index contributed by atoms with van der Waals surface area (Å²) in [6.07, 6.45) is 5.72. The second kappa shape index (κ2) is 6.30. The molecular formula is C12H19NO3. The van der Waals surface area contributed by atoms with Crippen molar-refractivity contribution in [3.05, 3.63) is 11.3 Å². The number of hydrogen-bond donors (Lipinski definition) is 1. The van der Waals surface area contributed by atoms with Gasteiger partial charge in [-0.25, -0.2) is 4.79 Å². The number of carbonyl (C=O) groups is 2. The predicted molar refractivity (Wildman–Crippen MR) is 60.6 cm³/mol. The van der Waals surface area contributed by atoms with Gasteiger partial charge in [0.25, 0.3) is 0 Å². The zero-order valence-corrected chi connectivity index (χ0v) is 9.97. The van der Waals surface area contributed by atoms with Crippen LogP contribution in [0.1, 0.15) is 45.4 Å². The Morgan fingerprint density at radius 3 is 2.31 bits per heavy atom. The van der Waals surface area contributed by atoms with E-state index in [1.807, 2.05) is 0 Å². The molecule has 0 heterocycles. The van der Waals surface area contributed by atoms with Crippen LogP contribution in [-0.4, -0.2) is 19.0 Å². The van der Waals surface area contributed by atoms with Crippen molar-refractivity contribution >= 4 is 11.9 Å². The first-order valence-corrected chi connectivity index (χ1v) is 5.73. The molecule has 0 radical (unpaired) electrons. The Hall–Kier alpha value is -1.32. The number of amides is 1. The summed E-state index contributed by atoms with van der Waals surface area (Å²) in [4.78, 5) is 22.7. The van der Waals surface area contributed by atoms with Crippen LogP contribution in [0.4, 0.5) is 0 Å². The first-order chi connectivity index (χ1) is 7.65. The average Bonchev–Trinajstić information content (AvgIpc) is 2.21. The molecule has 0 aromatic carbocycles. The topological polar surface area (TPSA) is 55.4 Å². The Morgan fingerprint density at radius 1 is 1.12 bits per heavy atom. The van der Waals surface area contributed by atoms with Gasteiger partial charge in [-0.05, 0) is 25.7 Å². The zero-order valence-electron chi connectivity index (χ0n) is 9.97. The van der Waals surface area contributed by atoms with Crippen molar-refractivity contribution in [3.63, 3.8) is 0 Å². The number of esters is 1. The maximum Gasteiger partial charge on any atom is 0.335 e. The van der Waals surface area contributed by atoms with Crippen molar-refractivity contribution in [2.75, 3.05) is 7.11 Å². The maximum absolute atomic E-state index is 11.6. The molecule has 4 heteroatoms. The van der Waals surface area contributed by atoms with Gasteiger partial charge in [-0.3, -0.25) is 4.79 Å². The highest BCUT2D eigenvalue weighted by molar-refractivity contribution is 5.90. The minimum Gasteiger partial charge on any atom is -0.466 e.